The van der Waals surface area contributed by atoms with Gasteiger partial charge in [0.15, 0.2) is 0 Å². The number of nitrogens with zero attached hydrogens (tertiary/aromatic N) is 3. The van der Waals surface area contributed by atoms with Crippen molar-refractivity contribution in [1.29, 1.82) is 0 Å². The van der Waals surface area contributed by atoms with Crippen LogP contribution in [-0.2, 0) is 6.54 Å². The molecule has 2 atom stereocenters. The summed E-state index contributed by atoms with van der Waals surface area (Å²) in [5.41, 5.74) is 2.54. The van der Waals surface area contributed by atoms with Gasteiger partial charge in [0, 0.05) is 66.3 Å². The second kappa shape index (κ2) is 10.7. The van der Waals surface area contributed by atoms with E-state index in [4.69, 9.17) is 4.42 Å². The lowest BCUT2D eigenvalue weighted by molar-refractivity contribution is 0.101. The second-order valence-electron chi connectivity index (χ2n) is 11.0. The van der Waals surface area contributed by atoms with Crippen LogP contribution in [-0.4, -0.2) is 34.5 Å². The van der Waals surface area contributed by atoms with Gasteiger partial charge in [-0.2, -0.15) is 0 Å². The minimum atomic E-state index is -0.751. The number of fused-ring (bicyclic) bond motifs is 5. The van der Waals surface area contributed by atoms with Gasteiger partial charge < -0.3 is 24.5 Å². The molecule has 0 aliphatic carbocycles. The molecule has 2 N–H and O–H groups in total. The summed E-state index contributed by atoms with van der Waals surface area (Å²) in [5.74, 6) is -0.631. The van der Waals surface area contributed by atoms with Gasteiger partial charge in [-0.15, -0.1) is 0 Å². The number of hydrogen-bond donors (Lipinski definition) is 2. The highest BCUT2D eigenvalue weighted by molar-refractivity contribution is 6.09. The van der Waals surface area contributed by atoms with E-state index < -0.39 is 11.5 Å². The van der Waals surface area contributed by atoms with Gasteiger partial charge in [-0.25, -0.2) is 4.79 Å². The fraction of sp³-hybridized carbons (Fsp3) is 0.182. The Morgan fingerprint density at radius 3 is 2.53 bits per heavy atom. The van der Waals surface area contributed by atoms with Crippen molar-refractivity contribution >= 4 is 39.8 Å². The zero-order valence-corrected chi connectivity index (χ0v) is 23.0. The first-order valence-corrected chi connectivity index (χ1v) is 14.1. The molecule has 1 fully saturated rings. The molecule has 5 aromatic rings. The standard InChI is InChI=1S/C33H27N5O5/c39-30-7-3-5-27-23-14-20(18-38(27)30)17-37(19-23)28-9-8-22(31(40)35-24-10-12-34-13-11-24)16-26(28)36-32(41)25-15-21-4-1-2-6-29(21)43-33(25)42/h1-13,15-16,20,23H,14,17-19H2,(H,36,41)(H,34,35,40). The van der Waals surface area contributed by atoms with Crippen molar-refractivity contribution in [3.05, 3.63) is 129 Å². The fourth-order valence-corrected chi connectivity index (χ4v) is 6.19. The van der Waals surface area contributed by atoms with Gasteiger partial charge >= 0.3 is 5.63 Å². The van der Waals surface area contributed by atoms with Crippen molar-refractivity contribution in [3.8, 4) is 0 Å². The smallest absolute Gasteiger partial charge is 0.349 e. The zero-order chi connectivity index (χ0) is 29.5. The number of pyridine rings is 2. The van der Waals surface area contributed by atoms with Crippen LogP contribution in [0.3, 0.4) is 0 Å². The summed E-state index contributed by atoms with van der Waals surface area (Å²) >= 11 is 0. The van der Waals surface area contributed by atoms with Gasteiger partial charge in [-0.3, -0.25) is 19.4 Å². The Hall–Kier alpha value is -5.51. The van der Waals surface area contributed by atoms with Crippen LogP contribution in [0, 0.1) is 5.92 Å². The van der Waals surface area contributed by atoms with Crippen LogP contribution >= 0.6 is 0 Å². The molecule has 43 heavy (non-hydrogen) atoms. The van der Waals surface area contributed by atoms with Gasteiger partial charge in [0.25, 0.3) is 17.4 Å². The summed E-state index contributed by atoms with van der Waals surface area (Å²) in [4.78, 5) is 58.2. The summed E-state index contributed by atoms with van der Waals surface area (Å²) in [6.07, 6.45) is 4.13. The number of amides is 2. The predicted molar refractivity (Wildman–Crippen MR) is 163 cm³/mol. The Bertz CT molecular complexity index is 2000. The SMILES string of the molecule is O=C(Nc1ccncc1)c1ccc(N2CC3CC(C2)c2cccc(=O)n2C3)c(NC(=O)c2cc3ccccc3oc2=O)c1. The van der Waals surface area contributed by atoms with Crippen LogP contribution in [0.2, 0.25) is 0 Å². The van der Waals surface area contributed by atoms with E-state index >= 15 is 0 Å². The zero-order valence-electron chi connectivity index (χ0n) is 23.0. The van der Waals surface area contributed by atoms with Crippen molar-refractivity contribution < 1.29 is 14.0 Å². The molecule has 0 saturated carbocycles. The molecule has 214 valence electrons. The molecule has 5 heterocycles. The quantitative estimate of drug-likeness (QED) is 0.297. The normalized spacial score (nSPS) is 17.3. The molecule has 2 amide bonds. The van der Waals surface area contributed by atoms with Crippen molar-refractivity contribution in [3.63, 3.8) is 0 Å². The van der Waals surface area contributed by atoms with E-state index in [1.165, 1.54) is 6.07 Å². The van der Waals surface area contributed by atoms with E-state index in [9.17, 15) is 19.2 Å². The molecule has 2 bridgehead atoms. The van der Waals surface area contributed by atoms with E-state index in [0.29, 0.717) is 47.5 Å². The van der Waals surface area contributed by atoms with E-state index in [1.807, 2.05) is 16.7 Å². The third-order valence-electron chi connectivity index (χ3n) is 8.15. The molecule has 10 nitrogen and oxygen atoms in total. The van der Waals surface area contributed by atoms with Crippen molar-refractivity contribution in [2.75, 3.05) is 28.6 Å². The molecule has 2 unspecified atom stereocenters. The molecule has 0 spiro atoms. The molecule has 2 aliphatic heterocycles. The number of anilines is 3. The Morgan fingerprint density at radius 2 is 1.67 bits per heavy atom. The molecular weight excluding hydrogens is 546 g/mol. The molecule has 10 heteroatoms. The second-order valence-corrected chi connectivity index (χ2v) is 11.0. The predicted octanol–water partition coefficient (Wildman–Crippen LogP) is 4.48. The highest BCUT2D eigenvalue weighted by atomic mass is 16.4. The number of piperidine rings is 1. The fourth-order valence-electron chi connectivity index (χ4n) is 6.19. The number of rotatable bonds is 5. The monoisotopic (exact) mass is 573 g/mol. The van der Waals surface area contributed by atoms with E-state index in [1.54, 1.807) is 73.1 Å². The van der Waals surface area contributed by atoms with Gasteiger partial charge in [0.1, 0.15) is 11.1 Å². The Balaban J connectivity index is 1.25. The van der Waals surface area contributed by atoms with Gasteiger partial charge in [0.05, 0.1) is 11.4 Å². The van der Waals surface area contributed by atoms with Crippen LogP contribution in [0.15, 0.2) is 105 Å². The van der Waals surface area contributed by atoms with Crippen LogP contribution in [0.4, 0.5) is 17.1 Å². The number of benzene rings is 2. The summed E-state index contributed by atoms with van der Waals surface area (Å²) in [5, 5.41) is 6.36. The summed E-state index contributed by atoms with van der Waals surface area (Å²) in [7, 11) is 0. The molecule has 2 aromatic carbocycles. The first-order valence-electron chi connectivity index (χ1n) is 14.1. The number of para-hydroxylation sites is 1. The largest absolute Gasteiger partial charge is 0.422 e. The van der Waals surface area contributed by atoms with Crippen LogP contribution in [0.1, 0.15) is 38.7 Å². The molecule has 0 radical (unpaired) electrons. The van der Waals surface area contributed by atoms with E-state index in [-0.39, 0.29) is 28.9 Å². The lowest BCUT2D eigenvalue weighted by Crippen LogP contribution is -2.47. The van der Waals surface area contributed by atoms with Crippen LogP contribution in [0.25, 0.3) is 11.0 Å². The molecule has 2 aliphatic rings. The average molecular weight is 574 g/mol. The van der Waals surface area contributed by atoms with Crippen LogP contribution < -0.4 is 26.7 Å². The summed E-state index contributed by atoms with van der Waals surface area (Å²) < 4.78 is 7.26. The first-order chi connectivity index (χ1) is 20.9. The third kappa shape index (κ3) is 5.07. The topological polar surface area (TPSA) is 127 Å². The van der Waals surface area contributed by atoms with Gasteiger partial charge in [-0.1, -0.05) is 24.3 Å². The number of hydrogen-bond acceptors (Lipinski definition) is 7. The Kier molecular flexibility index (Phi) is 6.58. The first kappa shape index (κ1) is 26.4. The maximum atomic E-state index is 13.5. The number of nitrogens with one attached hydrogen (secondary N) is 2. The van der Waals surface area contributed by atoms with E-state index in [0.717, 1.165) is 17.8 Å². The highest BCUT2D eigenvalue weighted by Gasteiger charge is 2.35. The van der Waals surface area contributed by atoms with E-state index in [2.05, 4.69) is 20.5 Å². The molecular formula is C33H27N5O5. The average Bonchev–Trinajstić information content (AvgIpc) is 3.01. The lowest BCUT2D eigenvalue weighted by Gasteiger charge is -2.44. The lowest BCUT2D eigenvalue weighted by atomic mass is 9.83. The summed E-state index contributed by atoms with van der Waals surface area (Å²) in [6, 6.07) is 22.4. The third-order valence-corrected chi connectivity index (χ3v) is 8.15. The maximum absolute atomic E-state index is 13.5. The van der Waals surface area contributed by atoms with Crippen LogP contribution in [0.5, 0.6) is 0 Å². The van der Waals surface area contributed by atoms with Crippen molar-refractivity contribution in [2.45, 2.75) is 18.9 Å². The summed E-state index contributed by atoms with van der Waals surface area (Å²) in [6.45, 7) is 1.92. The number of carbonyl (C=O) groups is 2. The molecule has 3 aromatic heterocycles. The highest BCUT2D eigenvalue weighted by Crippen LogP contribution is 2.39. The molecule has 7 rings (SSSR count). The number of carbonyl (C=O) groups excluding carboxylic acids is 2. The Labute approximate surface area is 245 Å². The van der Waals surface area contributed by atoms with Gasteiger partial charge in [0.2, 0.25) is 0 Å². The van der Waals surface area contributed by atoms with Gasteiger partial charge in [-0.05, 0) is 60.9 Å². The minimum absolute atomic E-state index is 0.00683. The minimum Gasteiger partial charge on any atom is -0.422 e. The number of aromatic nitrogens is 2. The van der Waals surface area contributed by atoms with Crippen molar-refractivity contribution in [2.24, 2.45) is 5.92 Å². The van der Waals surface area contributed by atoms with Crippen molar-refractivity contribution in [1.82, 2.24) is 9.55 Å². The molecule has 1 saturated heterocycles. The Morgan fingerprint density at radius 1 is 0.837 bits per heavy atom. The maximum Gasteiger partial charge on any atom is 0.349 e.